The zero-order chi connectivity index (χ0) is 33.4. The number of para-hydroxylation sites is 3. The summed E-state index contributed by atoms with van der Waals surface area (Å²) in [5.41, 5.74) is 18.4. The molecule has 9 aromatic rings. The van der Waals surface area contributed by atoms with Crippen molar-refractivity contribution in [2.24, 2.45) is 10.7 Å². The molecule has 0 radical (unpaired) electrons. The molecule has 0 amide bonds. The van der Waals surface area contributed by atoms with Crippen LogP contribution in [0.1, 0.15) is 5.56 Å². The summed E-state index contributed by atoms with van der Waals surface area (Å²) in [5, 5.41) is 4.92. The Hall–Kier alpha value is -6.65. The van der Waals surface area contributed by atoms with Crippen LogP contribution in [-0.2, 0) is 6.67 Å². The van der Waals surface area contributed by atoms with Gasteiger partial charge in [0.15, 0.2) is 0 Å². The molecule has 0 bridgehead atoms. The van der Waals surface area contributed by atoms with E-state index in [0.29, 0.717) is 6.67 Å². The summed E-state index contributed by atoms with van der Waals surface area (Å²) in [5.74, 6) is 0. The van der Waals surface area contributed by atoms with Gasteiger partial charge in [0.25, 0.3) is 0 Å². The minimum atomic E-state index is 0.453. The number of hydrogen-bond acceptors (Lipinski definition) is 2. The molecule has 0 aliphatic heterocycles. The Morgan fingerprint density at radius 2 is 1.02 bits per heavy atom. The van der Waals surface area contributed by atoms with Crippen LogP contribution in [0.25, 0.3) is 71.6 Å². The van der Waals surface area contributed by atoms with E-state index in [9.17, 15) is 0 Å². The molecule has 4 nitrogen and oxygen atoms in total. The van der Waals surface area contributed by atoms with E-state index < -0.39 is 0 Å². The molecular formula is C46H34N4. The lowest BCUT2D eigenvalue weighted by molar-refractivity contribution is 0.793. The van der Waals surface area contributed by atoms with Gasteiger partial charge in [-0.2, -0.15) is 0 Å². The lowest BCUT2D eigenvalue weighted by atomic mass is 9.98. The number of allylic oxidation sites excluding steroid dienone is 1. The lowest BCUT2D eigenvalue weighted by Crippen LogP contribution is -2.03. The largest absolute Gasteiger partial charge is 0.405 e. The maximum Gasteiger partial charge on any atom is 0.115 e. The zero-order valence-electron chi connectivity index (χ0n) is 27.4. The number of nitrogens with zero attached hydrogens (tertiary/aromatic N) is 3. The van der Waals surface area contributed by atoms with Crippen molar-refractivity contribution in [1.29, 1.82) is 0 Å². The molecule has 2 heterocycles. The number of fused-ring (bicyclic) bond motifs is 6. The summed E-state index contributed by atoms with van der Waals surface area (Å²) in [4.78, 5) is 5.18. The third-order valence-electron chi connectivity index (χ3n) is 9.71. The molecule has 0 fully saturated rings. The fourth-order valence-corrected chi connectivity index (χ4v) is 7.36. The number of rotatable bonds is 7. The summed E-state index contributed by atoms with van der Waals surface area (Å²) in [7, 11) is 0. The average Bonchev–Trinajstić information content (AvgIpc) is 3.69. The van der Waals surface area contributed by atoms with Gasteiger partial charge in [0.05, 0.1) is 27.8 Å². The van der Waals surface area contributed by atoms with Crippen molar-refractivity contribution in [3.63, 3.8) is 0 Å². The Labute approximate surface area is 290 Å². The van der Waals surface area contributed by atoms with Gasteiger partial charge >= 0.3 is 0 Å². The highest BCUT2D eigenvalue weighted by Gasteiger charge is 2.15. The van der Waals surface area contributed by atoms with Crippen molar-refractivity contribution in [1.82, 2.24) is 9.13 Å². The molecule has 4 heteroatoms. The number of nitrogens with two attached hydrogens (primary N) is 1. The van der Waals surface area contributed by atoms with E-state index in [1.807, 2.05) is 12.1 Å². The van der Waals surface area contributed by atoms with Gasteiger partial charge in [0.1, 0.15) is 6.67 Å². The van der Waals surface area contributed by atoms with Crippen LogP contribution in [-0.4, -0.2) is 14.8 Å². The van der Waals surface area contributed by atoms with Crippen molar-refractivity contribution >= 4 is 49.3 Å². The minimum Gasteiger partial charge on any atom is -0.405 e. The first-order chi connectivity index (χ1) is 24.8. The van der Waals surface area contributed by atoms with Crippen LogP contribution in [0, 0.1) is 0 Å². The number of benzene rings is 7. The predicted molar refractivity (Wildman–Crippen MR) is 211 cm³/mol. The monoisotopic (exact) mass is 642 g/mol. The van der Waals surface area contributed by atoms with Gasteiger partial charge in [0, 0.05) is 32.8 Å². The van der Waals surface area contributed by atoms with E-state index in [0.717, 1.165) is 39.1 Å². The van der Waals surface area contributed by atoms with Crippen molar-refractivity contribution in [2.75, 3.05) is 0 Å². The Morgan fingerprint density at radius 3 is 1.70 bits per heavy atom. The van der Waals surface area contributed by atoms with Crippen LogP contribution in [0.15, 0.2) is 187 Å². The van der Waals surface area contributed by atoms with E-state index in [2.05, 4.69) is 173 Å². The van der Waals surface area contributed by atoms with Crippen LogP contribution >= 0.6 is 0 Å². The molecule has 0 aliphatic rings. The molecular weight excluding hydrogens is 609 g/mol. The molecule has 0 spiro atoms. The number of hydrogen-bond donors (Lipinski definition) is 1. The normalized spacial score (nSPS) is 12.2. The highest BCUT2D eigenvalue weighted by Crippen LogP contribution is 2.35. The average molecular weight is 643 g/mol. The maximum absolute atomic E-state index is 5.99. The Morgan fingerprint density at radius 1 is 0.480 bits per heavy atom. The molecule has 0 aliphatic carbocycles. The van der Waals surface area contributed by atoms with Gasteiger partial charge in [-0.15, -0.1) is 0 Å². The van der Waals surface area contributed by atoms with E-state index in [4.69, 9.17) is 10.7 Å². The second kappa shape index (κ2) is 12.4. The van der Waals surface area contributed by atoms with Gasteiger partial charge in [-0.1, -0.05) is 127 Å². The van der Waals surface area contributed by atoms with Crippen LogP contribution in [0.2, 0.25) is 0 Å². The molecule has 0 atom stereocenters. The summed E-state index contributed by atoms with van der Waals surface area (Å²) < 4.78 is 4.68. The summed E-state index contributed by atoms with van der Waals surface area (Å²) in [6.45, 7) is 0.453. The molecule has 0 unspecified atom stereocenters. The first kappa shape index (κ1) is 29.5. The number of aliphatic imine (C=N–C) groups is 1. The first-order valence-electron chi connectivity index (χ1n) is 17.0. The highest BCUT2D eigenvalue weighted by molar-refractivity contribution is 6.12. The SMILES string of the molecule is N/C=C\C(=NCn1c2ccccc2c2cc(-n3c4ccccc4c4ccccc43)ccc21)c1cccc(-c2ccc(-c3ccccc3)cc2)c1. The van der Waals surface area contributed by atoms with E-state index >= 15 is 0 Å². The third-order valence-corrected chi connectivity index (χ3v) is 9.71. The smallest absolute Gasteiger partial charge is 0.115 e. The van der Waals surface area contributed by atoms with Crippen molar-refractivity contribution in [3.05, 3.63) is 188 Å². The minimum absolute atomic E-state index is 0.453. The Balaban J connectivity index is 1.10. The highest BCUT2D eigenvalue weighted by atomic mass is 15.1. The van der Waals surface area contributed by atoms with Gasteiger partial charge in [0.2, 0.25) is 0 Å². The molecule has 50 heavy (non-hydrogen) atoms. The van der Waals surface area contributed by atoms with Gasteiger partial charge in [-0.3, -0.25) is 4.99 Å². The molecule has 0 saturated carbocycles. The molecule has 7 aromatic carbocycles. The molecule has 9 rings (SSSR count). The van der Waals surface area contributed by atoms with E-state index in [-0.39, 0.29) is 0 Å². The quantitative estimate of drug-likeness (QED) is 0.173. The predicted octanol–water partition coefficient (Wildman–Crippen LogP) is 11.1. The van der Waals surface area contributed by atoms with Crippen LogP contribution in [0.5, 0.6) is 0 Å². The molecule has 2 N–H and O–H groups in total. The first-order valence-corrected chi connectivity index (χ1v) is 17.0. The number of aromatic nitrogens is 2. The van der Waals surface area contributed by atoms with Crippen LogP contribution < -0.4 is 5.73 Å². The zero-order valence-corrected chi connectivity index (χ0v) is 27.4. The second-order valence-corrected chi connectivity index (χ2v) is 12.6. The third kappa shape index (κ3) is 5.06. The fraction of sp³-hybridized carbons (Fsp3) is 0.0217. The van der Waals surface area contributed by atoms with Crippen LogP contribution in [0.3, 0.4) is 0 Å². The molecule has 2 aromatic heterocycles. The Bertz CT molecular complexity index is 2670. The summed E-state index contributed by atoms with van der Waals surface area (Å²) in [6, 6.07) is 60.4. The van der Waals surface area contributed by atoms with E-state index in [1.165, 1.54) is 43.7 Å². The topological polar surface area (TPSA) is 48.2 Å². The van der Waals surface area contributed by atoms with Crippen molar-refractivity contribution in [3.8, 4) is 27.9 Å². The summed E-state index contributed by atoms with van der Waals surface area (Å²) >= 11 is 0. The maximum atomic E-state index is 5.99. The fourth-order valence-electron chi connectivity index (χ4n) is 7.36. The molecule has 238 valence electrons. The van der Waals surface area contributed by atoms with E-state index in [1.54, 1.807) is 6.20 Å². The van der Waals surface area contributed by atoms with Crippen LogP contribution in [0.4, 0.5) is 0 Å². The van der Waals surface area contributed by atoms with Gasteiger partial charge < -0.3 is 14.9 Å². The Kier molecular flexibility index (Phi) is 7.33. The van der Waals surface area contributed by atoms with Gasteiger partial charge in [-0.25, -0.2) is 0 Å². The second-order valence-electron chi connectivity index (χ2n) is 12.6. The molecule has 0 saturated heterocycles. The van der Waals surface area contributed by atoms with Crippen molar-refractivity contribution < 1.29 is 0 Å². The standard InChI is InChI=1S/C46H34N4/c47-28-27-42(36-14-10-13-35(29-36)34-23-21-33(22-24-34)32-11-2-1-3-12-32)48-31-49-43-18-7-4-17-40(43)41-30-37(25-26-44(41)49)50-45-19-8-5-15-38(45)39-16-6-9-20-46(39)50/h1-30H,31,47H2/b28-27-,48-42?. The van der Waals surface area contributed by atoms with Gasteiger partial charge in [-0.05, 0) is 77.0 Å². The summed E-state index contributed by atoms with van der Waals surface area (Å²) in [6.07, 6.45) is 3.47. The lowest BCUT2D eigenvalue weighted by Gasteiger charge is -2.10. The van der Waals surface area contributed by atoms with Crippen molar-refractivity contribution in [2.45, 2.75) is 6.67 Å².